The maximum atomic E-state index is 13.0. The molecule has 19 heteroatoms. The van der Waals surface area contributed by atoms with E-state index in [1.165, 1.54) is 38.5 Å². The molecule has 0 radical (unpaired) electrons. The zero-order valence-electron chi connectivity index (χ0n) is 39.0. The Hall–Kier alpha value is -2.34. The zero-order valence-corrected chi connectivity index (χ0v) is 40.8. The quantitative estimate of drug-likeness (QED) is 0.0101. The number of ether oxygens (including phenoxy) is 3. The SMILES string of the molecule is CCCCC/C=C\C/C=C\C/C=C\C/C=C\CCCC(=O)O[C@H](COC(=O)CCCCCCCC1OC1C/C=C\CCCCC)COP(=O)(O)O[C@H]1C(O)C(O)C(O)[C@@H](OP(=O)(O)O)C1O. The Labute approximate surface area is 392 Å². The number of aliphatic hydroxyl groups excluding tert-OH is 4. The summed E-state index contributed by atoms with van der Waals surface area (Å²) in [5, 5.41) is 41.3. The predicted octanol–water partition coefficient (Wildman–Crippen LogP) is 8.05. The summed E-state index contributed by atoms with van der Waals surface area (Å²) in [4.78, 5) is 54.3. The van der Waals surface area contributed by atoms with E-state index in [1.54, 1.807) is 0 Å². The number of rotatable bonds is 38. The number of carbonyl (C=O) groups excluding carboxylic acids is 2. The molecule has 7 N–H and O–H groups in total. The monoisotopic (exact) mass is 978 g/mol. The minimum Gasteiger partial charge on any atom is -0.462 e. The normalized spacial score (nSPS) is 25.1. The van der Waals surface area contributed by atoms with E-state index in [2.05, 4.69) is 67.0 Å². The summed E-state index contributed by atoms with van der Waals surface area (Å²) >= 11 is 0. The van der Waals surface area contributed by atoms with Crippen LogP contribution in [0.3, 0.4) is 0 Å². The van der Waals surface area contributed by atoms with E-state index in [0.29, 0.717) is 31.5 Å². The molecule has 2 rings (SSSR count). The molecule has 0 spiro atoms. The summed E-state index contributed by atoms with van der Waals surface area (Å²) in [6.07, 6.45) is 26.3. The van der Waals surface area contributed by atoms with E-state index in [4.69, 9.17) is 23.3 Å². The van der Waals surface area contributed by atoms with Crippen LogP contribution in [0, 0.1) is 0 Å². The van der Waals surface area contributed by atoms with E-state index in [1.807, 2.05) is 12.2 Å². The van der Waals surface area contributed by atoms with Gasteiger partial charge in [0.05, 0.1) is 18.8 Å². The molecule has 1 aliphatic carbocycles. The average Bonchev–Trinajstić information content (AvgIpc) is 4.03. The fourth-order valence-corrected chi connectivity index (χ4v) is 8.68. The lowest BCUT2D eigenvalue weighted by Gasteiger charge is -2.43. The van der Waals surface area contributed by atoms with Crippen LogP contribution in [0.2, 0.25) is 0 Å². The molecule has 1 saturated heterocycles. The highest BCUT2D eigenvalue weighted by atomic mass is 31.2. The van der Waals surface area contributed by atoms with Gasteiger partial charge in [-0.3, -0.25) is 23.2 Å². The highest BCUT2D eigenvalue weighted by Crippen LogP contribution is 2.49. The number of phosphoric acid groups is 2. The van der Waals surface area contributed by atoms with Crippen molar-refractivity contribution in [2.24, 2.45) is 0 Å². The van der Waals surface area contributed by atoms with Crippen molar-refractivity contribution >= 4 is 27.6 Å². The number of aliphatic hydroxyl groups is 4. The van der Waals surface area contributed by atoms with E-state index < -0.39 is 83.5 Å². The second kappa shape index (κ2) is 34.9. The Morgan fingerprint density at radius 3 is 1.67 bits per heavy atom. The first-order valence-corrected chi connectivity index (χ1v) is 27.0. The third-order valence-electron chi connectivity index (χ3n) is 11.0. The molecule has 0 aromatic rings. The van der Waals surface area contributed by atoms with Crippen LogP contribution in [-0.4, -0.2) is 115 Å². The molecule has 10 atom stereocenters. The van der Waals surface area contributed by atoms with Crippen LogP contribution in [0.1, 0.15) is 155 Å². The van der Waals surface area contributed by atoms with Gasteiger partial charge >= 0.3 is 27.6 Å². The summed E-state index contributed by atoms with van der Waals surface area (Å²) < 4.78 is 55.1. The maximum Gasteiger partial charge on any atom is 0.472 e. The molecule has 66 heavy (non-hydrogen) atoms. The molecule has 0 aromatic heterocycles. The first-order valence-electron chi connectivity index (χ1n) is 24.0. The summed E-state index contributed by atoms with van der Waals surface area (Å²) in [6, 6.07) is 0. The van der Waals surface area contributed by atoms with Crippen LogP contribution in [0.5, 0.6) is 0 Å². The number of carbonyl (C=O) groups is 2. The van der Waals surface area contributed by atoms with Gasteiger partial charge in [0.2, 0.25) is 0 Å². The van der Waals surface area contributed by atoms with Gasteiger partial charge in [0.15, 0.2) is 6.10 Å². The molecular formula is C47H80O17P2. The van der Waals surface area contributed by atoms with Crippen molar-refractivity contribution in [3.8, 4) is 0 Å². The molecule has 1 heterocycles. The Morgan fingerprint density at radius 2 is 1.08 bits per heavy atom. The molecule has 1 aliphatic heterocycles. The summed E-state index contributed by atoms with van der Waals surface area (Å²) in [5.41, 5.74) is 0. The second-order valence-electron chi connectivity index (χ2n) is 16.9. The fraction of sp³-hybridized carbons (Fsp3) is 0.745. The lowest BCUT2D eigenvalue weighted by atomic mass is 9.85. The number of allylic oxidation sites excluding steroid dienone is 9. The fourth-order valence-electron chi connectivity index (χ4n) is 7.14. The van der Waals surface area contributed by atoms with Crippen LogP contribution in [-0.2, 0) is 46.5 Å². The second-order valence-corrected chi connectivity index (χ2v) is 19.5. The van der Waals surface area contributed by atoms with E-state index in [0.717, 1.165) is 70.6 Å². The van der Waals surface area contributed by atoms with Gasteiger partial charge < -0.3 is 49.3 Å². The lowest BCUT2D eigenvalue weighted by Crippen LogP contribution is -2.64. The smallest absolute Gasteiger partial charge is 0.462 e. The van der Waals surface area contributed by atoms with Crippen molar-refractivity contribution in [2.45, 2.75) is 210 Å². The van der Waals surface area contributed by atoms with Gasteiger partial charge in [-0.2, -0.15) is 0 Å². The van der Waals surface area contributed by atoms with Crippen molar-refractivity contribution in [3.05, 3.63) is 60.8 Å². The van der Waals surface area contributed by atoms with Crippen LogP contribution >= 0.6 is 15.6 Å². The molecule has 380 valence electrons. The summed E-state index contributed by atoms with van der Waals surface area (Å²) in [7, 11) is -10.7. The third kappa shape index (κ3) is 28.2. The first-order chi connectivity index (χ1) is 31.6. The van der Waals surface area contributed by atoms with Crippen molar-refractivity contribution in [2.75, 3.05) is 13.2 Å². The van der Waals surface area contributed by atoms with Crippen molar-refractivity contribution < 1.29 is 81.6 Å². The van der Waals surface area contributed by atoms with Crippen LogP contribution in [0.25, 0.3) is 0 Å². The van der Waals surface area contributed by atoms with Gasteiger partial charge in [0, 0.05) is 12.8 Å². The third-order valence-corrected chi connectivity index (χ3v) is 12.5. The van der Waals surface area contributed by atoms with Gasteiger partial charge in [-0.15, -0.1) is 0 Å². The molecule has 0 amide bonds. The van der Waals surface area contributed by atoms with Crippen LogP contribution in [0.15, 0.2) is 60.8 Å². The Bertz CT molecular complexity index is 1580. The molecule has 1 saturated carbocycles. The number of esters is 2. The van der Waals surface area contributed by atoms with Crippen molar-refractivity contribution in [1.82, 2.24) is 0 Å². The van der Waals surface area contributed by atoms with Gasteiger partial charge in [-0.1, -0.05) is 126 Å². The predicted molar refractivity (Wildman–Crippen MR) is 250 cm³/mol. The van der Waals surface area contributed by atoms with Crippen molar-refractivity contribution in [3.63, 3.8) is 0 Å². The number of unbranched alkanes of at least 4 members (excludes halogenated alkanes) is 11. The summed E-state index contributed by atoms with van der Waals surface area (Å²) in [5.74, 6) is -1.30. The number of epoxide rings is 1. The Kier molecular flexibility index (Phi) is 31.6. The van der Waals surface area contributed by atoms with E-state index in [9.17, 15) is 53.8 Å². The maximum absolute atomic E-state index is 13.0. The Morgan fingerprint density at radius 1 is 0.561 bits per heavy atom. The molecule has 17 nitrogen and oxygen atoms in total. The van der Waals surface area contributed by atoms with Crippen molar-refractivity contribution in [1.29, 1.82) is 0 Å². The Balaban J connectivity index is 1.83. The van der Waals surface area contributed by atoms with Gasteiger partial charge in [-0.25, -0.2) is 9.13 Å². The van der Waals surface area contributed by atoms with Gasteiger partial charge in [0.1, 0.15) is 43.2 Å². The highest BCUT2D eigenvalue weighted by Gasteiger charge is 2.54. The molecule has 7 unspecified atom stereocenters. The van der Waals surface area contributed by atoms with Crippen LogP contribution in [0.4, 0.5) is 0 Å². The van der Waals surface area contributed by atoms with E-state index in [-0.39, 0.29) is 12.8 Å². The lowest BCUT2D eigenvalue weighted by molar-refractivity contribution is -0.216. The minimum absolute atomic E-state index is 0.0406. The largest absolute Gasteiger partial charge is 0.472 e. The number of phosphoric ester groups is 2. The minimum atomic E-state index is -5.38. The summed E-state index contributed by atoms with van der Waals surface area (Å²) in [6.45, 7) is 2.98. The number of hydrogen-bond acceptors (Lipinski definition) is 14. The molecule has 2 aliphatic rings. The molecule has 2 fully saturated rings. The highest BCUT2D eigenvalue weighted by molar-refractivity contribution is 7.47. The molecule has 0 aromatic carbocycles. The van der Waals surface area contributed by atoms with Gasteiger partial charge in [-0.05, 0) is 77.0 Å². The van der Waals surface area contributed by atoms with E-state index >= 15 is 0 Å². The molecule has 0 bridgehead atoms. The zero-order chi connectivity index (χ0) is 48.6. The number of hydrogen-bond donors (Lipinski definition) is 7. The standard InChI is InChI=1S/C47H80O17P2/c1-3-5-7-9-11-12-13-14-15-16-17-18-19-20-21-25-30-34-41(49)61-37(36-60-66(57,58)64-47-44(52)42(50)43(51)46(45(47)53)63-65(54,55)56)35-59-40(48)33-29-26-22-24-28-32-39-38(62-39)31-27-23-10-8-6-4-2/h11-12,14-15,17-18,20-21,23,27,37-39,42-47,50-53H,3-10,13,16,19,22,24-26,28-36H2,1-2H3,(H,57,58)(H2,54,55,56)/b12-11-,15-14-,18-17-,21-20-,27-23-/t37-,38?,39?,42?,43?,44?,45?,46-,47+/m1/s1. The van der Waals surface area contributed by atoms with Gasteiger partial charge in [0.25, 0.3) is 0 Å². The van der Waals surface area contributed by atoms with Crippen LogP contribution < -0.4 is 0 Å². The molecular weight excluding hydrogens is 898 g/mol. The first kappa shape index (κ1) is 59.8. The average molecular weight is 979 g/mol. The topological polar surface area (TPSA) is 269 Å².